The maximum atomic E-state index is 7.75. The summed E-state index contributed by atoms with van der Waals surface area (Å²) in [6, 6.07) is 0. The molecular weight excluding hydrogens is 220 g/mol. The Morgan fingerprint density at radius 3 is 0.933 bits per heavy atom. The summed E-state index contributed by atoms with van der Waals surface area (Å²) in [4.78, 5) is 0. The number of nitriles is 1. The molecule has 0 saturated heterocycles. The third-order valence-electron chi connectivity index (χ3n) is 0.387. The van der Waals surface area contributed by atoms with E-state index in [4.69, 9.17) is 37.8 Å². The fourth-order valence-corrected chi connectivity index (χ4v) is 0. The summed E-state index contributed by atoms with van der Waals surface area (Å²) >= 11 is 3.09. The molecule has 0 aromatic carbocycles. The Morgan fingerprint density at radius 1 is 0.867 bits per heavy atom. The molecule has 0 aromatic rings. The van der Waals surface area contributed by atoms with Crippen LogP contribution in [0.1, 0.15) is 0 Å². The Kier molecular flexibility index (Phi) is 79.4. The van der Waals surface area contributed by atoms with E-state index in [1.807, 2.05) is 0 Å². The first-order valence-electron chi connectivity index (χ1n) is 4.12. The zero-order chi connectivity index (χ0) is 12.9. The Hall–Kier alpha value is -0.400. The van der Waals surface area contributed by atoms with E-state index >= 15 is 0 Å². The molecule has 9 N–H and O–H groups in total. The first-order valence-corrected chi connectivity index (χ1v) is 4.57. The van der Waals surface area contributed by atoms with E-state index in [-0.39, 0.29) is 19.8 Å². The van der Waals surface area contributed by atoms with E-state index in [0.29, 0.717) is 19.6 Å². The summed E-state index contributed by atoms with van der Waals surface area (Å²) in [5.74, 6) is 0. The number of aliphatic hydroxyl groups is 3. The van der Waals surface area contributed by atoms with E-state index in [9.17, 15) is 0 Å². The van der Waals surface area contributed by atoms with Crippen LogP contribution in [-0.2, 0) is 0 Å². The van der Waals surface area contributed by atoms with Crippen molar-refractivity contribution in [2.24, 2.45) is 17.2 Å². The van der Waals surface area contributed by atoms with Crippen LogP contribution < -0.4 is 17.2 Å². The molecule has 0 radical (unpaired) electrons. The van der Waals surface area contributed by atoms with Crippen molar-refractivity contribution in [3.63, 3.8) is 0 Å². The summed E-state index contributed by atoms with van der Waals surface area (Å²) in [6.45, 7) is 1.42. The van der Waals surface area contributed by atoms with Crippen LogP contribution in [0.25, 0.3) is 0 Å². The van der Waals surface area contributed by atoms with Gasteiger partial charge in [0.25, 0.3) is 0 Å². The minimum absolute atomic E-state index is 0.0972. The molecule has 0 aliphatic heterocycles. The van der Waals surface area contributed by atoms with Gasteiger partial charge in [-0.2, -0.15) is 5.26 Å². The molecule has 0 fully saturated rings. The van der Waals surface area contributed by atoms with Crippen molar-refractivity contribution in [3.8, 4) is 5.40 Å². The average molecular weight is 242 g/mol. The van der Waals surface area contributed by atoms with Gasteiger partial charge in [-0.25, -0.2) is 0 Å². The number of thiocyanates is 1. The highest BCUT2D eigenvalue weighted by Gasteiger charge is 1.57. The highest BCUT2D eigenvalue weighted by atomic mass is 32.1. The molecule has 8 heteroatoms. The lowest BCUT2D eigenvalue weighted by molar-refractivity contribution is 0.306. The van der Waals surface area contributed by atoms with Gasteiger partial charge in [0.1, 0.15) is 5.40 Å². The van der Waals surface area contributed by atoms with Crippen molar-refractivity contribution in [1.82, 2.24) is 0 Å². The minimum atomic E-state index is 0.0972. The quantitative estimate of drug-likeness (QED) is 0.208. The second-order valence-electron chi connectivity index (χ2n) is 1.64. The van der Waals surface area contributed by atoms with Crippen LogP contribution in [-0.4, -0.2) is 54.8 Å². The third-order valence-corrected chi connectivity index (χ3v) is 0.387. The zero-order valence-electron chi connectivity index (χ0n) is 8.71. The second-order valence-corrected chi connectivity index (χ2v) is 1.84. The summed E-state index contributed by atoms with van der Waals surface area (Å²) in [7, 11) is 0. The molecule has 0 aliphatic rings. The Balaban J connectivity index is -0.0000000542. The smallest absolute Gasteiger partial charge is 0.130 e. The standard InChI is InChI=1S/3C2H7NO.CHNS/c3*3-1-2-4;2-1-3/h3*4H,1-3H2;3H. The van der Waals surface area contributed by atoms with Crippen molar-refractivity contribution >= 4 is 12.6 Å². The predicted octanol–water partition coefficient (Wildman–Crippen LogP) is -2.79. The number of rotatable bonds is 3. The lowest BCUT2D eigenvalue weighted by Gasteiger charge is -1.71. The van der Waals surface area contributed by atoms with Gasteiger partial charge in [-0.1, -0.05) is 12.6 Å². The molecule has 0 unspecified atom stereocenters. The largest absolute Gasteiger partial charge is 0.395 e. The summed E-state index contributed by atoms with van der Waals surface area (Å²) in [6.07, 6.45) is 0. The SMILES string of the molecule is N#CS.NCCO.NCCO.NCCO. The molecule has 0 aromatic heterocycles. The lowest BCUT2D eigenvalue weighted by atomic mass is 10.8. The fourth-order valence-electron chi connectivity index (χ4n) is 0. The van der Waals surface area contributed by atoms with E-state index < -0.39 is 0 Å². The molecule has 0 amide bonds. The van der Waals surface area contributed by atoms with Gasteiger partial charge in [-0.3, -0.25) is 0 Å². The van der Waals surface area contributed by atoms with Gasteiger partial charge >= 0.3 is 0 Å². The maximum absolute atomic E-state index is 7.75. The fraction of sp³-hybridized carbons (Fsp3) is 0.857. The molecule has 0 bridgehead atoms. The minimum Gasteiger partial charge on any atom is -0.395 e. The Bertz CT molecular complexity index is 87.2. The second kappa shape index (κ2) is 49.6. The molecule has 0 atom stereocenters. The van der Waals surface area contributed by atoms with Crippen LogP contribution in [0.3, 0.4) is 0 Å². The summed E-state index contributed by atoms with van der Waals surface area (Å²) < 4.78 is 0. The van der Waals surface area contributed by atoms with Gasteiger partial charge in [0.05, 0.1) is 19.8 Å². The third kappa shape index (κ3) is 271. The van der Waals surface area contributed by atoms with Gasteiger partial charge in [0.15, 0.2) is 0 Å². The Morgan fingerprint density at radius 2 is 0.933 bits per heavy atom. The van der Waals surface area contributed by atoms with Gasteiger partial charge in [0.2, 0.25) is 0 Å². The highest BCUT2D eigenvalue weighted by molar-refractivity contribution is 7.85. The molecule has 0 aliphatic carbocycles. The predicted molar refractivity (Wildman–Crippen MR) is 63.0 cm³/mol. The molecule has 0 rings (SSSR count). The summed E-state index contributed by atoms with van der Waals surface area (Å²) in [5.41, 5.74) is 14.3. The van der Waals surface area contributed by atoms with Crippen molar-refractivity contribution in [2.45, 2.75) is 0 Å². The van der Waals surface area contributed by atoms with Gasteiger partial charge < -0.3 is 32.5 Å². The van der Waals surface area contributed by atoms with Gasteiger partial charge in [-0.15, -0.1) is 0 Å². The van der Waals surface area contributed by atoms with Crippen molar-refractivity contribution in [1.29, 1.82) is 5.26 Å². The molecule has 0 saturated carbocycles. The van der Waals surface area contributed by atoms with Crippen LogP contribution in [0, 0.1) is 10.7 Å². The lowest BCUT2D eigenvalue weighted by Crippen LogP contribution is -2.02. The topological polar surface area (TPSA) is 163 Å². The molecule has 15 heavy (non-hydrogen) atoms. The molecule has 94 valence electrons. The van der Waals surface area contributed by atoms with Crippen LogP contribution in [0.2, 0.25) is 0 Å². The van der Waals surface area contributed by atoms with Crippen LogP contribution >= 0.6 is 12.6 Å². The van der Waals surface area contributed by atoms with E-state index in [1.165, 1.54) is 5.40 Å². The van der Waals surface area contributed by atoms with Crippen molar-refractivity contribution in [3.05, 3.63) is 0 Å². The number of nitrogens with two attached hydrogens (primary N) is 3. The van der Waals surface area contributed by atoms with Crippen LogP contribution in [0.4, 0.5) is 0 Å². The van der Waals surface area contributed by atoms with E-state index in [1.54, 1.807) is 0 Å². The van der Waals surface area contributed by atoms with Gasteiger partial charge in [-0.05, 0) is 0 Å². The number of nitrogens with zero attached hydrogens (tertiary/aromatic N) is 1. The van der Waals surface area contributed by atoms with E-state index in [2.05, 4.69) is 12.6 Å². The highest BCUT2D eigenvalue weighted by Crippen LogP contribution is 1.46. The number of aliphatic hydroxyl groups excluding tert-OH is 3. The molecular formula is C7H22N4O3S. The normalized spacial score (nSPS) is 6.53. The molecule has 0 heterocycles. The first-order chi connectivity index (χ1) is 7.16. The number of hydrogen-bond acceptors (Lipinski definition) is 8. The zero-order valence-corrected chi connectivity index (χ0v) is 9.61. The Labute approximate surface area is 95.9 Å². The molecule has 0 spiro atoms. The average Bonchev–Trinajstić information content (AvgIpc) is 2.30. The monoisotopic (exact) mass is 242 g/mol. The summed E-state index contributed by atoms with van der Waals surface area (Å²) in [5, 5.41) is 31.9. The van der Waals surface area contributed by atoms with Crippen molar-refractivity contribution in [2.75, 3.05) is 39.5 Å². The van der Waals surface area contributed by atoms with Crippen LogP contribution in [0.5, 0.6) is 0 Å². The number of thiol groups is 1. The van der Waals surface area contributed by atoms with Crippen molar-refractivity contribution < 1.29 is 15.3 Å². The van der Waals surface area contributed by atoms with Crippen LogP contribution in [0.15, 0.2) is 0 Å². The van der Waals surface area contributed by atoms with Gasteiger partial charge in [0, 0.05) is 19.6 Å². The number of hydrogen-bond donors (Lipinski definition) is 7. The first kappa shape index (κ1) is 24.0. The molecule has 7 nitrogen and oxygen atoms in total. The van der Waals surface area contributed by atoms with E-state index in [0.717, 1.165) is 0 Å². The maximum Gasteiger partial charge on any atom is 0.130 e.